The van der Waals surface area contributed by atoms with Gasteiger partial charge in [0.25, 0.3) is 0 Å². The molecule has 1 aliphatic rings. The van der Waals surface area contributed by atoms with Crippen molar-refractivity contribution in [2.45, 2.75) is 44.2 Å². The lowest BCUT2D eigenvalue weighted by Gasteiger charge is -2.22. The third-order valence-corrected chi connectivity index (χ3v) is 4.21. The van der Waals surface area contributed by atoms with Crippen LogP contribution < -0.4 is 14.8 Å². The van der Waals surface area contributed by atoms with E-state index in [1.807, 2.05) is 25.2 Å². The largest absolute Gasteiger partial charge is 0.496 e. The van der Waals surface area contributed by atoms with Crippen LogP contribution in [0.2, 0.25) is 0 Å². The fourth-order valence-corrected chi connectivity index (χ4v) is 3.08. The van der Waals surface area contributed by atoms with Gasteiger partial charge in [-0.05, 0) is 51.3 Å². The standard InChI is InChI=1S/C17H27NO3/c1-18-14(9-4-7-13-8-6-12-21-13)17-15(19-2)10-5-11-16(17)20-3/h5,10-11,13-14,18H,4,6-9,12H2,1-3H3. The van der Waals surface area contributed by atoms with Crippen LogP contribution in [0.1, 0.15) is 43.7 Å². The van der Waals surface area contributed by atoms with Gasteiger partial charge in [0, 0.05) is 12.6 Å². The Kier molecular flexibility index (Phi) is 6.33. The zero-order chi connectivity index (χ0) is 15.1. The zero-order valence-corrected chi connectivity index (χ0v) is 13.4. The molecule has 0 radical (unpaired) electrons. The van der Waals surface area contributed by atoms with Crippen molar-refractivity contribution < 1.29 is 14.2 Å². The molecule has 0 aliphatic carbocycles. The van der Waals surface area contributed by atoms with Crippen LogP contribution in [0.25, 0.3) is 0 Å². The van der Waals surface area contributed by atoms with E-state index in [0.717, 1.165) is 42.9 Å². The molecule has 2 rings (SSSR count). The fourth-order valence-electron chi connectivity index (χ4n) is 3.08. The second kappa shape index (κ2) is 8.25. The van der Waals surface area contributed by atoms with Crippen molar-refractivity contribution in [2.75, 3.05) is 27.9 Å². The normalized spacial score (nSPS) is 19.5. The first-order valence-corrected chi connectivity index (χ1v) is 7.80. The molecule has 21 heavy (non-hydrogen) atoms. The van der Waals surface area contributed by atoms with Crippen LogP contribution in [0, 0.1) is 0 Å². The summed E-state index contributed by atoms with van der Waals surface area (Å²) in [5.41, 5.74) is 1.11. The predicted octanol–water partition coefficient (Wildman–Crippen LogP) is 3.31. The van der Waals surface area contributed by atoms with E-state index in [4.69, 9.17) is 14.2 Å². The number of rotatable bonds is 8. The molecule has 4 nitrogen and oxygen atoms in total. The summed E-state index contributed by atoms with van der Waals surface area (Å²) in [7, 11) is 5.40. The number of methoxy groups -OCH3 is 2. The minimum atomic E-state index is 0.234. The van der Waals surface area contributed by atoms with Crippen molar-refractivity contribution in [1.82, 2.24) is 5.32 Å². The molecule has 0 saturated carbocycles. The molecule has 4 heteroatoms. The number of nitrogens with one attached hydrogen (secondary N) is 1. The first kappa shape index (κ1) is 16.1. The van der Waals surface area contributed by atoms with Gasteiger partial charge in [0.1, 0.15) is 11.5 Å². The summed E-state index contributed by atoms with van der Waals surface area (Å²) in [5.74, 6) is 1.76. The van der Waals surface area contributed by atoms with Crippen LogP contribution in [0.15, 0.2) is 18.2 Å². The first-order chi connectivity index (χ1) is 10.3. The lowest BCUT2D eigenvalue weighted by molar-refractivity contribution is 0.101. The number of hydrogen-bond acceptors (Lipinski definition) is 4. The zero-order valence-electron chi connectivity index (χ0n) is 13.4. The SMILES string of the molecule is CNC(CCCC1CCCO1)c1c(OC)cccc1OC. The van der Waals surface area contributed by atoms with Gasteiger partial charge in [-0.15, -0.1) is 0 Å². The van der Waals surface area contributed by atoms with Crippen molar-refractivity contribution in [2.24, 2.45) is 0 Å². The average Bonchev–Trinajstić information content (AvgIpc) is 3.04. The van der Waals surface area contributed by atoms with Gasteiger partial charge in [-0.25, -0.2) is 0 Å². The molecule has 0 spiro atoms. The second-order valence-electron chi connectivity index (χ2n) is 5.48. The maximum absolute atomic E-state index is 5.69. The van der Waals surface area contributed by atoms with E-state index in [-0.39, 0.29) is 6.04 Å². The molecule has 2 atom stereocenters. The van der Waals surface area contributed by atoms with E-state index in [1.54, 1.807) is 14.2 Å². The highest BCUT2D eigenvalue weighted by Gasteiger charge is 2.21. The molecule has 1 aromatic carbocycles. The van der Waals surface area contributed by atoms with Crippen LogP contribution in [0.3, 0.4) is 0 Å². The highest BCUT2D eigenvalue weighted by molar-refractivity contribution is 5.47. The van der Waals surface area contributed by atoms with Gasteiger partial charge >= 0.3 is 0 Å². The van der Waals surface area contributed by atoms with Crippen molar-refractivity contribution in [3.8, 4) is 11.5 Å². The van der Waals surface area contributed by atoms with Crippen LogP contribution >= 0.6 is 0 Å². The maximum Gasteiger partial charge on any atom is 0.127 e. The molecular weight excluding hydrogens is 266 g/mol. The molecule has 1 N–H and O–H groups in total. The van der Waals surface area contributed by atoms with E-state index >= 15 is 0 Å². The summed E-state index contributed by atoms with van der Waals surface area (Å²) in [6.07, 6.45) is 6.20. The van der Waals surface area contributed by atoms with Gasteiger partial charge in [0.2, 0.25) is 0 Å². The van der Waals surface area contributed by atoms with E-state index < -0.39 is 0 Å². The smallest absolute Gasteiger partial charge is 0.127 e. The molecule has 0 bridgehead atoms. The Morgan fingerprint density at radius 2 is 2.00 bits per heavy atom. The fraction of sp³-hybridized carbons (Fsp3) is 0.647. The van der Waals surface area contributed by atoms with Crippen molar-refractivity contribution in [3.05, 3.63) is 23.8 Å². The van der Waals surface area contributed by atoms with Crippen LogP contribution in [-0.4, -0.2) is 34.0 Å². The van der Waals surface area contributed by atoms with Gasteiger partial charge in [0.15, 0.2) is 0 Å². The average molecular weight is 293 g/mol. The minimum absolute atomic E-state index is 0.234. The molecule has 1 aromatic rings. The molecule has 0 aromatic heterocycles. The quantitative estimate of drug-likeness (QED) is 0.798. The number of hydrogen-bond donors (Lipinski definition) is 1. The van der Waals surface area contributed by atoms with Gasteiger partial charge in [-0.1, -0.05) is 6.07 Å². The second-order valence-corrected chi connectivity index (χ2v) is 5.48. The first-order valence-electron chi connectivity index (χ1n) is 7.80. The summed E-state index contributed by atoms with van der Waals surface area (Å²) in [6.45, 7) is 0.931. The number of benzene rings is 1. The van der Waals surface area contributed by atoms with Crippen LogP contribution in [-0.2, 0) is 4.74 Å². The Balaban J connectivity index is 2.02. The van der Waals surface area contributed by atoms with Gasteiger partial charge in [-0.2, -0.15) is 0 Å². The lowest BCUT2D eigenvalue weighted by Crippen LogP contribution is -2.19. The molecule has 1 heterocycles. The van der Waals surface area contributed by atoms with Gasteiger partial charge in [-0.3, -0.25) is 0 Å². The Morgan fingerprint density at radius 1 is 1.29 bits per heavy atom. The predicted molar refractivity (Wildman–Crippen MR) is 84.2 cm³/mol. The van der Waals surface area contributed by atoms with E-state index in [2.05, 4.69) is 5.32 Å². The molecular formula is C17H27NO3. The molecule has 0 amide bonds. The number of ether oxygens (including phenoxy) is 3. The molecule has 1 aliphatic heterocycles. The lowest BCUT2D eigenvalue weighted by atomic mass is 9.97. The third-order valence-electron chi connectivity index (χ3n) is 4.21. The Labute approximate surface area is 127 Å². The highest BCUT2D eigenvalue weighted by Crippen LogP contribution is 2.36. The molecule has 1 saturated heterocycles. The van der Waals surface area contributed by atoms with Crippen molar-refractivity contribution in [1.29, 1.82) is 0 Å². The maximum atomic E-state index is 5.69. The van der Waals surface area contributed by atoms with E-state index in [0.29, 0.717) is 6.10 Å². The summed E-state index contributed by atoms with van der Waals surface area (Å²) in [5, 5.41) is 3.39. The summed E-state index contributed by atoms with van der Waals surface area (Å²) in [6, 6.07) is 6.17. The molecule has 2 unspecified atom stereocenters. The monoisotopic (exact) mass is 293 g/mol. The van der Waals surface area contributed by atoms with Crippen LogP contribution in [0.5, 0.6) is 11.5 Å². The van der Waals surface area contributed by atoms with Gasteiger partial charge < -0.3 is 19.5 Å². The summed E-state index contributed by atoms with van der Waals surface area (Å²) < 4.78 is 16.7. The summed E-state index contributed by atoms with van der Waals surface area (Å²) in [4.78, 5) is 0. The molecule has 1 fully saturated rings. The Morgan fingerprint density at radius 3 is 2.52 bits per heavy atom. The summed E-state index contributed by atoms with van der Waals surface area (Å²) >= 11 is 0. The van der Waals surface area contributed by atoms with Crippen LogP contribution in [0.4, 0.5) is 0 Å². The van der Waals surface area contributed by atoms with Crippen molar-refractivity contribution >= 4 is 0 Å². The Hall–Kier alpha value is -1.26. The van der Waals surface area contributed by atoms with E-state index in [9.17, 15) is 0 Å². The highest BCUT2D eigenvalue weighted by atomic mass is 16.5. The van der Waals surface area contributed by atoms with Crippen molar-refractivity contribution in [3.63, 3.8) is 0 Å². The third kappa shape index (κ3) is 4.11. The topological polar surface area (TPSA) is 39.7 Å². The minimum Gasteiger partial charge on any atom is -0.496 e. The Bertz CT molecular complexity index is 408. The van der Waals surface area contributed by atoms with E-state index in [1.165, 1.54) is 12.8 Å². The van der Waals surface area contributed by atoms with Gasteiger partial charge in [0.05, 0.1) is 25.9 Å². The molecule has 118 valence electrons.